The highest BCUT2D eigenvalue weighted by Crippen LogP contribution is 2.28. The molecule has 1 aliphatic carbocycles. The monoisotopic (exact) mass is 313 g/mol. The van der Waals surface area contributed by atoms with E-state index in [2.05, 4.69) is 28.2 Å². The van der Waals surface area contributed by atoms with E-state index in [4.69, 9.17) is 0 Å². The van der Waals surface area contributed by atoms with Gasteiger partial charge in [0.25, 0.3) is 0 Å². The molecule has 0 radical (unpaired) electrons. The van der Waals surface area contributed by atoms with Crippen LogP contribution in [0, 0.1) is 11.7 Å². The SMILES string of the molecule is CCNC1CCCC(Cc2cc(F)cc(Br)c2)C1. The molecule has 2 atom stereocenters. The van der Waals surface area contributed by atoms with Crippen LogP contribution >= 0.6 is 15.9 Å². The minimum absolute atomic E-state index is 0.140. The van der Waals surface area contributed by atoms with Gasteiger partial charge in [0.15, 0.2) is 0 Å². The lowest BCUT2D eigenvalue weighted by Gasteiger charge is -2.29. The van der Waals surface area contributed by atoms with Crippen molar-refractivity contribution in [3.63, 3.8) is 0 Å². The molecule has 1 N–H and O–H groups in total. The van der Waals surface area contributed by atoms with E-state index in [9.17, 15) is 4.39 Å². The van der Waals surface area contributed by atoms with Crippen LogP contribution in [-0.2, 0) is 6.42 Å². The molecule has 1 nitrogen and oxygen atoms in total. The summed E-state index contributed by atoms with van der Waals surface area (Å²) in [6.45, 7) is 3.20. The molecule has 18 heavy (non-hydrogen) atoms. The highest BCUT2D eigenvalue weighted by Gasteiger charge is 2.21. The Labute approximate surface area is 117 Å². The van der Waals surface area contributed by atoms with Gasteiger partial charge in [-0.25, -0.2) is 4.39 Å². The maximum atomic E-state index is 13.3. The lowest BCUT2D eigenvalue weighted by molar-refractivity contribution is 0.287. The zero-order valence-corrected chi connectivity index (χ0v) is 12.5. The standard InChI is InChI=1S/C15H21BrFN/c1-2-18-15-5-3-4-11(9-15)6-12-7-13(16)10-14(17)8-12/h7-8,10-11,15,18H,2-6,9H2,1H3. The highest BCUT2D eigenvalue weighted by molar-refractivity contribution is 9.10. The average molecular weight is 314 g/mol. The number of halogens is 2. The van der Waals surface area contributed by atoms with Gasteiger partial charge in [-0.3, -0.25) is 0 Å². The van der Waals surface area contributed by atoms with Crippen molar-refractivity contribution < 1.29 is 4.39 Å². The van der Waals surface area contributed by atoms with E-state index in [0.29, 0.717) is 12.0 Å². The molecule has 2 rings (SSSR count). The Morgan fingerprint density at radius 1 is 1.33 bits per heavy atom. The van der Waals surface area contributed by atoms with Gasteiger partial charge < -0.3 is 5.32 Å². The van der Waals surface area contributed by atoms with Gasteiger partial charge in [-0.2, -0.15) is 0 Å². The summed E-state index contributed by atoms with van der Waals surface area (Å²) in [4.78, 5) is 0. The molecule has 1 fully saturated rings. The first-order valence-electron chi connectivity index (χ1n) is 6.85. The quantitative estimate of drug-likeness (QED) is 0.874. The fraction of sp³-hybridized carbons (Fsp3) is 0.600. The summed E-state index contributed by atoms with van der Waals surface area (Å²) in [5, 5.41) is 3.54. The van der Waals surface area contributed by atoms with Gasteiger partial charge in [-0.1, -0.05) is 35.7 Å². The molecule has 0 aliphatic heterocycles. The Hall–Kier alpha value is -0.410. The summed E-state index contributed by atoms with van der Waals surface area (Å²) < 4.78 is 14.2. The van der Waals surface area contributed by atoms with Crippen LogP contribution in [0.4, 0.5) is 4.39 Å². The Bertz CT molecular complexity index is 372. The maximum absolute atomic E-state index is 13.3. The topological polar surface area (TPSA) is 12.0 Å². The second-order valence-electron chi connectivity index (χ2n) is 5.27. The lowest BCUT2D eigenvalue weighted by atomic mass is 9.82. The minimum Gasteiger partial charge on any atom is -0.314 e. The third-order valence-electron chi connectivity index (χ3n) is 3.72. The molecular formula is C15H21BrFN. The molecule has 2 unspecified atom stereocenters. The van der Waals surface area contributed by atoms with E-state index >= 15 is 0 Å². The van der Waals surface area contributed by atoms with Crippen molar-refractivity contribution in [2.75, 3.05) is 6.54 Å². The summed E-state index contributed by atoms with van der Waals surface area (Å²) in [7, 11) is 0. The first kappa shape index (κ1) is 14.0. The molecule has 0 amide bonds. The highest BCUT2D eigenvalue weighted by atomic mass is 79.9. The third-order valence-corrected chi connectivity index (χ3v) is 4.18. The molecular weight excluding hydrogens is 293 g/mol. The van der Waals surface area contributed by atoms with Crippen molar-refractivity contribution in [3.8, 4) is 0 Å². The molecule has 0 spiro atoms. The number of rotatable bonds is 4. The van der Waals surface area contributed by atoms with Crippen LogP contribution in [0.5, 0.6) is 0 Å². The zero-order valence-electron chi connectivity index (χ0n) is 10.9. The third kappa shape index (κ3) is 4.06. The van der Waals surface area contributed by atoms with Crippen molar-refractivity contribution in [2.45, 2.75) is 45.1 Å². The Kier molecular flexibility index (Phi) is 5.19. The van der Waals surface area contributed by atoms with Crippen LogP contribution < -0.4 is 5.32 Å². The molecule has 100 valence electrons. The second-order valence-corrected chi connectivity index (χ2v) is 6.18. The van der Waals surface area contributed by atoms with Crippen LogP contribution in [0.15, 0.2) is 22.7 Å². The normalized spacial score (nSPS) is 24.2. The second kappa shape index (κ2) is 6.67. The Balaban J connectivity index is 1.95. The van der Waals surface area contributed by atoms with Crippen LogP contribution in [0.25, 0.3) is 0 Å². The summed E-state index contributed by atoms with van der Waals surface area (Å²) in [5.74, 6) is 0.551. The van der Waals surface area contributed by atoms with E-state index in [1.165, 1.54) is 31.7 Å². The van der Waals surface area contributed by atoms with Gasteiger partial charge in [0.2, 0.25) is 0 Å². The van der Waals surface area contributed by atoms with Gasteiger partial charge >= 0.3 is 0 Å². The van der Waals surface area contributed by atoms with E-state index in [1.54, 1.807) is 6.07 Å². The van der Waals surface area contributed by atoms with E-state index in [-0.39, 0.29) is 5.82 Å². The zero-order chi connectivity index (χ0) is 13.0. The Morgan fingerprint density at radius 2 is 2.17 bits per heavy atom. The predicted molar refractivity (Wildman–Crippen MR) is 77.2 cm³/mol. The van der Waals surface area contributed by atoms with Gasteiger partial charge in [-0.05, 0) is 55.5 Å². The van der Waals surface area contributed by atoms with Crippen molar-refractivity contribution in [1.82, 2.24) is 5.32 Å². The lowest BCUT2D eigenvalue weighted by Crippen LogP contribution is -2.34. The first-order valence-corrected chi connectivity index (χ1v) is 7.65. The molecule has 0 saturated heterocycles. The van der Waals surface area contributed by atoms with E-state index in [0.717, 1.165) is 23.0 Å². The van der Waals surface area contributed by atoms with Crippen molar-refractivity contribution in [3.05, 3.63) is 34.1 Å². The maximum Gasteiger partial charge on any atom is 0.124 e. The molecule has 0 bridgehead atoms. The van der Waals surface area contributed by atoms with Crippen molar-refractivity contribution in [2.24, 2.45) is 5.92 Å². The number of benzene rings is 1. The number of hydrogen-bond acceptors (Lipinski definition) is 1. The molecule has 1 saturated carbocycles. The van der Waals surface area contributed by atoms with E-state index < -0.39 is 0 Å². The molecule has 1 aliphatic rings. The number of hydrogen-bond donors (Lipinski definition) is 1. The number of nitrogens with one attached hydrogen (secondary N) is 1. The van der Waals surface area contributed by atoms with Crippen LogP contribution in [0.3, 0.4) is 0 Å². The van der Waals surface area contributed by atoms with Gasteiger partial charge in [0, 0.05) is 10.5 Å². The molecule has 0 aromatic heterocycles. The molecule has 3 heteroatoms. The summed E-state index contributed by atoms with van der Waals surface area (Å²) in [5.41, 5.74) is 1.11. The fourth-order valence-corrected chi connectivity index (χ4v) is 3.53. The van der Waals surface area contributed by atoms with E-state index in [1.807, 2.05) is 6.07 Å². The minimum atomic E-state index is -0.140. The molecule has 0 heterocycles. The van der Waals surface area contributed by atoms with Crippen LogP contribution in [-0.4, -0.2) is 12.6 Å². The Morgan fingerprint density at radius 3 is 2.89 bits per heavy atom. The fourth-order valence-electron chi connectivity index (χ4n) is 3.01. The smallest absolute Gasteiger partial charge is 0.124 e. The summed E-state index contributed by atoms with van der Waals surface area (Å²) >= 11 is 3.36. The summed E-state index contributed by atoms with van der Waals surface area (Å²) in [6, 6.07) is 5.89. The van der Waals surface area contributed by atoms with Gasteiger partial charge in [0.1, 0.15) is 5.82 Å². The molecule has 1 aromatic carbocycles. The van der Waals surface area contributed by atoms with Crippen LogP contribution in [0.2, 0.25) is 0 Å². The predicted octanol–water partition coefficient (Wildman–Crippen LogP) is 4.30. The molecule has 1 aromatic rings. The van der Waals surface area contributed by atoms with Crippen molar-refractivity contribution in [1.29, 1.82) is 0 Å². The van der Waals surface area contributed by atoms with Gasteiger partial charge in [-0.15, -0.1) is 0 Å². The summed E-state index contributed by atoms with van der Waals surface area (Å²) in [6.07, 6.45) is 6.08. The van der Waals surface area contributed by atoms with Gasteiger partial charge in [0.05, 0.1) is 0 Å². The van der Waals surface area contributed by atoms with Crippen LogP contribution in [0.1, 0.15) is 38.2 Å². The largest absolute Gasteiger partial charge is 0.314 e. The first-order chi connectivity index (χ1) is 8.67. The van der Waals surface area contributed by atoms with Crippen molar-refractivity contribution >= 4 is 15.9 Å². The average Bonchev–Trinajstić information content (AvgIpc) is 2.28.